The highest BCUT2D eigenvalue weighted by Gasteiger charge is 2.37. The van der Waals surface area contributed by atoms with Crippen LogP contribution in [0.4, 0.5) is 0 Å². The zero-order valence-electron chi connectivity index (χ0n) is 9.91. The van der Waals surface area contributed by atoms with Crippen LogP contribution in [0, 0.1) is 0 Å². The van der Waals surface area contributed by atoms with E-state index in [1.54, 1.807) is 39.2 Å². The normalized spacial score (nSPS) is 17.6. The van der Waals surface area contributed by atoms with Gasteiger partial charge in [-0.05, 0) is 31.5 Å². The van der Waals surface area contributed by atoms with E-state index in [1.165, 1.54) is 6.26 Å². The third-order valence-electron chi connectivity index (χ3n) is 2.73. The molecule has 2 rings (SSSR count). The van der Waals surface area contributed by atoms with Crippen LogP contribution in [0.3, 0.4) is 0 Å². The number of carbonyl (C=O) groups is 1. The molecule has 0 bridgehead atoms. The van der Waals surface area contributed by atoms with Gasteiger partial charge in [-0.25, -0.2) is 0 Å². The largest absolute Gasteiger partial charge is 0.495 e. The van der Waals surface area contributed by atoms with E-state index in [4.69, 9.17) is 21.1 Å². The van der Waals surface area contributed by atoms with Crippen LogP contribution in [0.25, 0.3) is 5.57 Å². The average molecular weight is 253 g/mol. The van der Waals surface area contributed by atoms with E-state index in [2.05, 4.69) is 0 Å². The van der Waals surface area contributed by atoms with E-state index in [1.807, 2.05) is 0 Å². The first-order chi connectivity index (χ1) is 7.95. The monoisotopic (exact) mass is 252 g/mol. The molecule has 0 atom stereocenters. The zero-order chi connectivity index (χ0) is 12.6. The van der Waals surface area contributed by atoms with Crippen molar-refractivity contribution in [3.63, 3.8) is 0 Å². The van der Waals surface area contributed by atoms with Crippen molar-refractivity contribution >= 4 is 23.0 Å². The Kier molecular flexibility index (Phi) is 2.87. The molecule has 0 amide bonds. The second-order valence-corrected chi connectivity index (χ2v) is 4.75. The van der Waals surface area contributed by atoms with Crippen LogP contribution in [0.1, 0.15) is 19.4 Å². The summed E-state index contributed by atoms with van der Waals surface area (Å²) < 4.78 is 10.4. The number of methoxy groups -OCH3 is 1. The quantitative estimate of drug-likeness (QED) is 0.812. The van der Waals surface area contributed by atoms with Gasteiger partial charge in [-0.3, -0.25) is 4.79 Å². The fourth-order valence-corrected chi connectivity index (χ4v) is 1.93. The van der Waals surface area contributed by atoms with E-state index >= 15 is 0 Å². The average Bonchev–Trinajstić information content (AvgIpc) is 2.54. The van der Waals surface area contributed by atoms with E-state index in [0.29, 0.717) is 16.3 Å². The first-order valence-electron chi connectivity index (χ1n) is 5.22. The minimum absolute atomic E-state index is 0.0428. The molecule has 1 heterocycles. The maximum atomic E-state index is 12.0. The molecule has 0 spiro atoms. The van der Waals surface area contributed by atoms with Gasteiger partial charge in [0.05, 0.1) is 24.0 Å². The number of carbonyl (C=O) groups excluding carboxylic acids is 1. The van der Waals surface area contributed by atoms with Gasteiger partial charge in [-0.15, -0.1) is 0 Å². The van der Waals surface area contributed by atoms with Crippen molar-refractivity contribution in [2.45, 2.75) is 19.4 Å². The molecule has 0 aromatic heterocycles. The van der Waals surface area contributed by atoms with Crippen LogP contribution in [0.15, 0.2) is 24.5 Å². The van der Waals surface area contributed by atoms with Gasteiger partial charge in [0.1, 0.15) is 5.75 Å². The predicted octanol–water partition coefficient (Wildman–Crippen LogP) is 3.07. The molecule has 0 saturated heterocycles. The summed E-state index contributed by atoms with van der Waals surface area (Å²) in [6.07, 6.45) is 1.49. The fraction of sp³-hybridized carbons (Fsp3) is 0.308. The topological polar surface area (TPSA) is 35.5 Å². The summed E-state index contributed by atoms with van der Waals surface area (Å²) in [6, 6.07) is 5.23. The Balaban J connectivity index is 2.37. The number of halogens is 1. The Labute approximate surface area is 105 Å². The number of benzene rings is 1. The molecule has 0 aliphatic carbocycles. The highest BCUT2D eigenvalue weighted by Crippen LogP contribution is 2.34. The Morgan fingerprint density at radius 1 is 1.35 bits per heavy atom. The standard InChI is InChI=1S/C13H13ClO3/c1-13(2)12(15)9(7-17-13)8-4-5-11(16-3)10(14)6-8/h4-7H,1-3H3. The molecule has 4 heteroatoms. The third-order valence-corrected chi connectivity index (χ3v) is 3.02. The number of ether oxygens (including phenoxy) is 2. The molecule has 1 aliphatic rings. The Hall–Kier alpha value is -1.48. The maximum absolute atomic E-state index is 12.0. The van der Waals surface area contributed by atoms with Gasteiger partial charge < -0.3 is 9.47 Å². The van der Waals surface area contributed by atoms with Crippen LogP contribution >= 0.6 is 11.6 Å². The molecule has 1 aromatic rings. The lowest BCUT2D eigenvalue weighted by molar-refractivity contribution is -0.125. The smallest absolute Gasteiger partial charge is 0.209 e. The molecule has 0 saturated carbocycles. The second-order valence-electron chi connectivity index (χ2n) is 4.34. The maximum Gasteiger partial charge on any atom is 0.209 e. The first-order valence-corrected chi connectivity index (χ1v) is 5.60. The van der Waals surface area contributed by atoms with Crippen LogP contribution in [-0.2, 0) is 9.53 Å². The highest BCUT2D eigenvalue weighted by molar-refractivity contribution is 6.33. The molecule has 1 aliphatic heterocycles. The molecular formula is C13H13ClO3. The summed E-state index contributed by atoms with van der Waals surface area (Å²) in [4.78, 5) is 12.0. The minimum Gasteiger partial charge on any atom is -0.495 e. The molecule has 0 unspecified atom stereocenters. The number of ketones is 1. The van der Waals surface area contributed by atoms with Crippen molar-refractivity contribution in [3.8, 4) is 5.75 Å². The summed E-state index contributed by atoms with van der Waals surface area (Å²) in [5.41, 5.74) is 0.493. The van der Waals surface area contributed by atoms with E-state index in [0.717, 1.165) is 5.56 Å². The van der Waals surface area contributed by atoms with Crippen molar-refractivity contribution in [2.24, 2.45) is 0 Å². The number of Topliss-reactive ketones (excluding diaryl/α,β-unsaturated/α-hetero) is 1. The third kappa shape index (κ3) is 2.03. The summed E-state index contributed by atoms with van der Waals surface area (Å²) in [6.45, 7) is 3.48. The molecule has 3 nitrogen and oxygen atoms in total. The van der Waals surface area contributed by atoms with Crippen LogP contribution in [-0.4, -0.2) is 18.5 Å². The van der Waals surface area contributed by atoms with E-state index in [-0.39, 0.29) is 5.78 Å². The van der Waals surface area contributed by atoms with Crippen molar-refractivity contribution in [1.29, 1.82) is 0 Å². The molecule has 17 heavy (non-hydrogen) atoms. The lowest BCUT2D eigenvalue weighted by Gasteiger charge is -2.15. The summed E-state index contributed by atoms with van der Waals surface area (Å²) in [7, 11) is 1.55. The van der Waals surface area contributed by atoms with Crippen molar-refractivity contribution < 1.29 is 14.3 Å². The molecule has 1 aromatic carbocycles. The van der Waals surface area contributed by atoms with Crippen molar-refractivity contribution in [1.82, 2.24) is 0 Å². The molecule has 0 radical (unpaired) electrons. The van der Waals surface area contributed by atoms with Gasteiger partial charge in [0.15, 0.2) is 5.60 Å². The lowest BCUT2D eigenvalue weighted by Crippen LogP contribution is -2.28. The first kappa shape index (κ1) is 12.0. The fourth-order valence-electron chi connectivity index (χ4n) is 1.67. The number of rotatable bonds is 2. The van der Waals surface area contributed by atoms with Gasteiger partial charge in [0, 0.05) is 0 Å². The van der Waals surface area contributed by atoms with E-state index < -0.39 is 5.60 Å². The zero-order valence-corrected chi connectivity index (χ0v) is 10.7. The number of hydrogen-bond donors (Lipinski definition) is 0. The number of hydrogen-bond acceptors (Lipinski definition) is 3. The molecular weight excluding hydrogens is 240 g/mol. The summed E-state index contributed by atoms with van der Waals surface area (Å²) >= 11 is 6.02. The van der Waals surface area contributed by atoms with Gasteiger partial charge in [-0.1, -0.05) is 17.7 Å². The molecule has 0 N–H and O–H groups in total. The van der Waals surface area contributed by atoms with Crippen LogP contribution < -0.4 is 4.74 Å². The molecule has 90 valence electrons. The highest BCUT2D eigenvalue weighted by atomic mass is 35.5. The van der Waals surface area contributed by atoms with Gasteiger partial charge in [-0.2, -0.15) is 0 Å². The van der Waals surface area contributed by atoms with Gasteiger partial charge >= 0.3 is 0 Å². The summed E-state index contributed by atoms with van der Waals surface area (Å²) in [5, 5.41) is 0.475. The van der Waals surface area contributed by atoms with Crippen molar-refractivity contribution in [2.75, 3.05) is 7.11 Å². The van der Waals surface area contributed by atoms with E-state index in [9.17, 15) is 4.79 Å². The lowest BCUT2D eigenvalue weighted by atomic mass is 9.95. The Morgan fingerprint density at radius 3 is 2.53 bits per heavy atom. The predicted molar refractivity (Wildman–Crippen MR) is 66.2 cm³/mol. The second kappa shape index (κ2) is 4.08. The van der Waals surface area contributed by atoms with Gasteiger partial charge in [0.25, 0.3) is 0 Å². The Bertz CT molecular complexity index is 503. The summed E-state index contributed by atoms with van der Waals surface area (Å²) in [5.74, 6) is 0.542. The molecule has 0 fully saturated rings. The van der Waals surface area contributed by atoms with Crippen LogP contribution in [0.5, 0.6) is 5.75 Å². The SMILES string of the molecule is COc1ccc(C2=COC(C)(C)C2=O)cc1Cl. The van der Waals surface area contributed by atoms with Crippen LogP contribution in [0.2, 0.25) is 5.02 Å². The minimum atomic E-state index is -0.790. The van der Waals surface area contributed by atoms with Gasteiger partial charge in [0.2, 0.25) is 5.78 Å². The Morgan fingerprint density at radius 2 is 2.06 bits per heavy atom. The van der Waals surface area contributed by atoms with Crippen molar-refractivity contribution in [3.05, 3.63) is 35.0 Å².